The second kappa shape index (κ2) is 37.9. The number of ether oxygens (including phenoxy) is 2. The van der Waals surface area contributed by atoms with Crippen molar-refractivity contribution in [1.82, 2.24) is 0 Å². The zero-order chi connectivity index (χ0) is 45.0. The van der Waals surface area contributed by atoms with Crippen molar-refractivity contribution in [3.05, 3.63) is 12.2 Å². The van der Waals surface area contributed by atoms with Crippen LogP contribution in [0.2, 0.25) is 0 Å². The van der Waals surface area contributed by atoms with Gasteiger partial charge in [-0.25, -0.2) is 4.57 Å². The van der Waals surface area contributed by atoms with Crippen LogP contribution in [0.5, 0.6) is 0 Å². The molecule has 14 heteroatoms. The Morgan fingerprint density at radius 1 is 0.492 bits per heavy atom. The van der Waals surface area contributed by atoms with E-state index in [0.29, 0.717) is 12.8 Å². The van der Waals surface area contributed by atoms with Crippen LogP contribution in [-0.4, -0.2) is 98.3 Å². The molecule has 8 atom stereocenters. The van der Waals surface area contributed by atoms with Gasteiger partial charge in [-0.3, -0.25) is 18.6 Å². The number of rotatable bonds is 41. The Bertz CT molecular complexity index is 1120. The van der Waals surface area contributed by atoms with Crippen molar-refractivity contribution >= 4 is 19.8 Å². The molecule has 6 N–H and O–H groups in total. The van der Waals surface area contributed by atoms with E-state index in [0.717, 1.165) is 51.4 Å². The molecule has 0 aliphatic heterocycles. The van der Waals surface area contributed by atoms with Gasteiger partial charge in [-0.05, 0) is 38.5 Å². The highest BCUT2D eigenvalue weighted by Crippen LogP contribution is 2.47. The number of aliphatic hydroxyl groups excluding tert-OH is 5. The van der Waals surface area contributed by atoms with Crippen LogP contribution in [0.1, 0.15) is 219 Å². The predicted molar refractivity (Wildman–Crippen MR) is 240 cm³/mol. The molecule has 0 amide bonds. The Morgan fingerprint density at radius 3 is 1.25 bits per heavy atom. The summed E-state index contributed by atoms with van der Waals surface area (Å²) < 4.78 is 33.6. The molecule has 0 heterocycles. The fourth-order valence-corrected chi connectivity index (χ4v) is 8.61. The highest BCUT2D eigenvalue weighted by molar-refractivity contribution is 7.47. The van der Waals surface area contributed by atoms with Crippen molar-refractivity contribution in [2.75, 3.05) is 13.2 Å². The quantitative estimate of drug-likeness (QED) is 0.0146. The summed E-state index contributed by atoms with van der Waals surface area (Å²) in [6.45, 7) is 3.31. The molecule has 360 valence electrons. The fourth-order valence-electron chi connectivity index (χ4n) is 7.64. The maximum absolute atomic E-state index is 12.8. The molecule has 6 unspecified atom stereocenters. The lowest BCUT2D eigenvalue weighted by molar-refractivity contribution is -0.220. The van der Waals surface area contributed by atoms with Crippen molar-refractivity contribution in [3.8, 4) is 0 Å². The first-order valence-electron chi connectivity index (χ1n) is 24.5. The lowest BCUT2D eigenvalue weighted by Gasteiger charge is -2.41. The summed E-state index contributed by atoms with van der Waals surface area (Å²) in [5, 5.41) is 50.2. The number of carbonyl (C=O) groups excluding carboxylic acids is 2. The van der Waals surface area contributed by atoms with Gasteiger partial charge in [0.05, 0.1) is 6.61 Å². The summed E-state index contributed by atoms with van der Waals surface area (Å²) in [5.74, 6) is -1.09. The molecule has 0 aromatic heterocycles. The van der Waals surface area contributed by atoms with Crippen LogP contribution in [0.4, 0.5) is 0 Å². The molecule has 13 nitrogen and oxygen atoms in total. The SMILES string of the molecule is CCCCCCCC/C=C/CCCCCCCCCCCC(=O)O[C@H](COC(=O)CCCCCCCCCCCCCCC)COP(=O)(O)OC1C(O)C(O)C(O)[C@H](O)C1O. The third-order valence-corrected chi connectivity index (χ3v) is 12.6. The van der Waals surface area contributed by atoms with Gasteiger partial charge in [0.2, 0.25) is 0 Å². The molecule has 0 aromatic carbocycles. The molecule has 1 rings (SSSR count). The van der Waals surface area contributed by atoms with Gasteiger partial charge in [0.1, 0.15) is 43.2 Å². The van der Waals surface area contributed by atoms with E-state index < -0.39 is 75.7 Å². The van der Waals surface area contributed by atoms with E-state index in [1.54, 1.807) is 0 Å². The van der Waals surface area contributed by atoms with E-state index >= 15 is 0 Å². The highest BCUT2D eigenvalue weighted by atomic mass is 31.2. The summed E-state index contributed by atoms with van der Waals surface area (Å²) >= 11 is 0. The van der Waals surface area contributed by atoms with E-state index in [1.165, 1.54) is 128 Å². The van der Waals surface area contributed by atoms with Gasteiger partial charge < -0.3 is 39.9 Å². The molecule has 1 aliphatic rings. The average molecular weight is 893 g/mol. The zero-order valence-corrected chi connectivity index (χ0v) is 39.1. The predicted octanol–water partition coefficient (Wildman–Crippen LogP) is 9.84. The number of allylic oxidation sites excluding steroid dienone is 2. The average Bonchev–Trinajstić information content (AvgIpc) is 3.24. The lowest BCUT2D eigenvalue weighted by atomic mass is 9.85. The molecule has 1 saturated carbocycles. The van der Waals surface area contributed by atoms with Crippen LogP contribution >= 0.6 is 7.82 Å². The molecule has 0 aromatic rings. The van der Waals surface area contributed by atoms with E-state index in [1.807, 2.05) is 0 Å². The van der Waals surface area contributed by atoms with E-state index in [-0.39, 0.29) is 12.8 Å². The molecular weight excluding hydrogens is 803 g/mol. The third-order valence-electron chi connectivity index (χ3n) is 11.6. The van der Waals surface area contributed by atoms with Crippen LogP contribution in [-0.2, 0) is 32.7 Å². The largest absolute Gasteiger partial charge is 0.472 e. The summed E-state index contributed by atoms with van der Waals surface area (Å²) in [6, 6.07) is 0. The third kappa shape index (κ3) is 30.4. The minimum Gasteiger partial charge on any atom is -0.462 e. The summed E-state index contributed by atoms with van der Waals surface area (Å²) in [5.41, 5.74) is 0. The first-order chi connectivity index (χ1) is 29.4. The molecule has 0 saturated heterocycles. The first-order valence-corrected chi connectivity index (χ1v) is 26.0. The Hall–Kier alpha value is -1.41. The summed E-state index contributed by atoms with van der Waals surface area (Å²) in [6.07, 6.45) is 26.9. The second-order valence-corrected chi connectivity index (χ2v) is 18.7. The van der Waals surface area contributed by atoms with Gasteiger partial charge >= 0.3 is 19.8 Å². The van der Waals surface area contributed by atoms with E-state index in [2.05, 4.69) is 26.0 Å². The molecule has 0 radical (unpaired) electrons. The van der Waals surface area contributed by atoms with Crippen LogP contribution in [0, 0.1) is 0 Å². The standard InChI is InChI=1S/C47H89O13P/c1-3-5-7-9-11-13-15-17-18-19-20-21-22-24-26-28-30-32-34-36-41(49)59-39(38-58-61(55,56)60-47-45(53)43(51)42(50)44(52)46(47)54)37-57-40(48)35-33-31-29-27-25-23-16-14-12-10-8-6-4-2/h17-18,39,42-47,50-54H,3-16,19-38H2,1-2H3,(H,55,56)/b18-17+/t39-,42?,43+,44?,45?,46?,47?/m1/s1. The van der Waals surface area contributed by atoms with Gasteiger partial charge in [0, 0.05) is 12.8 Å². The highest BCUT2D eigenvalue weighted by Gasteiger charge is 2.51. The number of phosphoric ester groups is 1. The molecule has 61 heavy (non-hydrogen) atoms. The van der Waals surface area contributed by atoms with Crippen molar-refractivity contribution in [2.24, 2.45) is 0 Å². The number of hydrogen-bond acceptors (Lipinski definition) is 12. The minimum absolute atomic E-state index is 0.0988. The number of hydrogen-bond donors (Lipinski definition) is 6. The molecule has 0 spiro atoms. The van der Waals surface area contributed by atoms with Gasteiger partial charge in [-0.2, -0.15) is 0 Å². The number of aliphatic hydroxyl groups is 5. The maximum Gasteiger partial charge on any atom is 0.472 e. The number of carbonyl (C=O) groups is 2. The van der Waals surface area contributed by atoms with Gasteiger partial charge in [-0.1, -0.05) is 180 Å². The minimum atomic E-state index is -5.11. The molecule has 1 fully saturated rings. The molecular formula is C47H89O13P. The Balaban J connectivity index is 2.41. The molecule has 1 aliphatic carbocycles. The normalized spacial score (nSPS) is 22.0. The Kier molecular flexibility index (Phi) is 35.8. The monoisotopic (exact) mass is 893 g/mol. The van der Waals surface area contributed by atoms with Crippen LogP contribution < -0.4 is 0 Å². The topological polar surface area (TPSA) is 210 Å². The van der Waals surface area contributed by atoms with Crippen LogP contribution in [0.25, 0.3) is 0 Å². The number of unbranched alkanes of at least 4 members (excludes halogenated alkanes) is 27. The van der Waals surface area contributed by atoms with Crippen molar-refractivity contribution in [1.29, 1.82) is 0 Å². The smallest absolute Gasteiger partial charge is 0.462 e. The van der Waals surface area contributed by atoms with Crippen LogP contribution in [0.15, 0.2) is 12.2 Å². The second-order valence-electron chi connectivity index (χ2n) is 17.3. The maximum atomic E-state index is 12.8. The van der Waals surface area contributed by atoms with Gasteiger partial charge in [-0.15, -0.1) is 0 Å². The van der Waals surface area contributed by atoms with Crippen molar-refractivity contribution in [2.45, 2.75) is 262 Å². The van der Waals surface area contributed by atoms with E-state index in [9.17, 15) is 44.6 Å². The first kappa shape index (κ1) is 57.6. The van der Waals surface area contributed by atoms with Crippen LogP contribution in [0.3, 0.4) is 0 Å². The lowest BCUT2D eigenvalue weighted by Crippen LogP contribution is -2.64. The zero-order valence-electron chi connectivity index (χ0n) is 38.2. The summed E-state index contributed by atoms with van der Waals surface area (Å²) in [7, 11) is -5.11. The summed E-state index contributed by atoms with van der Waals surface area (Å²) in [4.78, 5) is 35.7. The van der Waals surface area contributed by atoms with Gasteiger partial charge in [0.25, 0.3) is 0 Å². The number of phosphoric acid groups is 1. The Labute approximate surface area is 369 Å². The van der Waals surface area contributed by atoms with Crippen molar-refractivity contribution in [3.63, 3.8) is 0 Å². The van der Waals surface area contributed by atoms with E-state index in [4.69, 9.17) is 18.5 Å². The fraction of sp³-hybridized carbons (Fsp3) is 0.915. The molecule has 0 bridgehead atoms. The number of esters is 2. The van der Waals surface area contributed by atoms with Crippen molar-refractivity contribution < 1.29 is 63.1 Å². The Morgan fingerprint density at radius 2 is 0.836 bits per heavy atom. The van der Waals surface area contributed by atoms with Gasteiger partial charge in [0.15, 0.2) is 6.10 Å².